The predicted octanol–water partition coefficient (Wildman–Crippen LogP) is 2.11. The Morgan fingerprint density at radius 3 is 2.74 bits per heavy atom. The average Bonchev–Trinajstić information content (AvgIpc) is 3.10. The van der Waals surface area contributed by atoms with Gasteiger partial charge in [-0.2, -0.15) is 5.10 Å². The molecule has 0 atom stereocenters. The van der Waals surface area contributed by atoms with Gasteiger partial charge in [-0.05, 0) is 44.8 Å². The molecule has 0 amide bonds. The third-order valence-electron chi connectivity index (χ3n) is 4.51. The number of hydrogen-bond acceptors (Lipinski definition) is 3. The van der Waals surface area contributed by atoms with Crippen LogP contribution >= 0.6 is 0 Å². The number of aromatic nitrogens is 2. The normalized spacial score (nSPS) is 21.9. The zero-order chi connectivity index (χ0) is 13.1. The highest BCUT2D eigenvalue weighted by Crippen LogP contribution is 2.28. The van der Waals surface area contributed by atoms with Crippen LogP contribution < -0.4 is 5.32 Å². The number of Topliss-reactive ketones (excluding diaryl/α,β-unsaturated/α-hetero) is 1. The van der Waals surface area contributed by atoms with Gasteiger partial charge in [0.1, 0.15) is 5.78 Å². The maximum atomic E-state index is 12.2. The lowest BCUT2D eigenvalue weighted by molar-refractivity contribution is -0.123. The molecule has 0 unspecified atom stereocenters. The van der Waals surface area contributed by atoms with Crippen LogP contribution in [0.4, 0.5) is 0 Å². The third kappa shape index (κ3) is 3.06. The van der Waals surface area contributed by atoms with Gasteiger partial charge in [-0.3, -0.25) is 9.48 Å². The van der Waals surface area contributed by atoms with Gasteiger partial charge in [0.05, 0.1) is 18.2 Å². The van der Waals surface area contributed by atoms with Gasteiger partial charge in [0.25, 0.3) is 0 Å². The van der Waals surface area contributed by atoms with E-state index in [2.05, 4.69) is 21.3 Å². The van der Waals surface area contributed by atoms with Crippen LogP contribution in [0.3, 0.4) is 0 Å². The first-order valence-electron chi connectivity index (χ1n) is 7.60. The number of piperidine rings is 1. The molecule has 4 heteroatoms. The first-order chi connectivity index (χ1) is 9.33. The molecule has 4 nitrogen and oxygen atoms in total. The van der Waals surface area contributed by atoms with Gasteiger partial charge in [0.15, 0.2) is 0 Å². The van der Waals surface area contributed by atoms with E-state index in [-0.39, 0.29) is 5.92 Å². The quantitative estimate of drug-likeness (QED) is 0.903. The number of carbonyl (C=O) groups is 1. The summed E-state index contributed by atoms with van der Waals surface area (Å²) in [4.78, 5) is 12.2. The van der Waals surface area contributed by atoms with E-state index in [0.29, 0.717) is 18.2 Å². The van der Waals surface area contributed by atoms with E-state index in [9.17, 15) is 4.79 Å². The van der Waals surface area contributed by atoms with Crippen LogP contribution in [0.25, 0.3) is 0 Å². The molecule has 1 aliphatic heterocycles. The van der Waals surface area contributed by atoms with Crippen molar-refractivity contribution in [3.05, 3.63) is 18.0 Å². The van der Waals surface area contributed by atoms with Crippen LogP contribution in [0.2, 0.25) is 0 Å². The fraction of sp³-hybridized carbons (Fsp3) is 0.733. The molecule has 0 aromatic carbocycles. The van der Waals surface area contributed by atoms with Crippen LogP contribution in [-0.2, 0) is 11.2 Å². The lowest BCUT2D eigenvalue weighted by Gasteiger charge is -2.20. The van der Waals surface area contributed by atoms with Crippen molar-refractivity contribution in [2.24, 2.45) is 5.92 Å². The highest BCUT2D eigenvalue weighted by molar-refractivity contribution is 5.83. The molecule has 0 spiro atoms. The molecule has 2 fully saturated rings. The van der Waals surface area contributed by atoms with Crippen LogP contribution in [0.15, 0.2) is 12.3 Å². The number of carbonyl (C=O) groups excluding carboxylic acids is 1. The summed E-state index contributed by atoms with van der Waals surface area (Å²) in [5.74, 6) is 0.621. The van der Waals surface area contributed by atoms with E-state index in [1.165, 1.54) is 25.7 Å². The predicted molar refractivity (Wildman–Crippen MR) is 74.0 cm³/mol. The molecule has 19 heavy (non-hydrogen) atoms. The molecule has 1 saturated carbocycles. The van der Waals surface area contributed by atoms with E-state index in [0.717, 1.165) is 31.6 Å². The monoisotopic (exact) mass is 261 g/mol. The Kier molecular flexibility index (Phi) is 3.97. The van der Waals surface area contributed by atoms with Crippen LogP contribution in [0.5, 0.6) is 0 Å². The van der Waals surface area contributed by atoms with E-state index in [1.807, 2.05) is 6.07 Å². The van der Waals surface area contributed by atoms with Crippen molar-refractivity contribution in [2.75, 3.05) is 13.1 Å². The summed E-state index contributed by atoms with van der Waals surface area (Å²) in [5.41, 5.74) is 0.954. The lowest BCUT2D eigenvalue weighted by atomic mass is 9.91. The number of nitrogens with one attached hydrogen (secondary N) is 1. The summed E-state index contributed by atoms with van der Waals surface area (Å²) in [7, 11) is 0. The van der Waals surface area contributed by atoms with Crippen molar-refractivity contribution in [3.8, 4) is 0 Å². The van der Waals surface area contributed by atoms with Crippen LogP contribution in [-0.4, -0.2) is 28.7 Å². The second-order valence-electron chi connectivity index (χ2n) is 5.89. The van der Waals surface area contributed by atoms with Gasteiger partial charge in [0, 0.05) is 12.1 Å². The Labute approximate surface area is 114 Å². The molecule has 1 aromatic rings. The van der Waals surface area contributed by atoms with E-state index < -0.39 is 0 Å². The van der Waals surface area contributed by atoms with E-state index >= 15 is 0 Å². The molecule has 1 saturated heterocycles. The van der Waals surface area contributed by atoms with Gasteiger partial charge in [0.2, 0.25) is 0 Å². The number of hydrogen-bond donors (Lipinski definition) is 1. The fourth-order valence-electron chi connectivity index (χ4n) is 3.31. The van der Waals surface area contributed by atoms with Gasteiger partial charge < -0.3 is 5.32 Å². The highest BCUT2D eigenvalue weighted by Gasteiger charge is 2.22. The Morgan fingerprint density at radius 1 is 1.26 bits per heavy atom. The summed E-state index contributed by atoms with van der Waals surface area (Å²) in [6.07, 6.45) is 9.66. The van der Waals surface area contributed by atoms with Gasteiger partial charge in [-0.1, -0.05) is 12.8 Å². The molecule has 1 aliphatic carbocycles. The molecule has 2 aliphatic rings. The zero-order valence-corrected chi connectivity index (χ0v) is 11.5. The Morgan fingerprint density at radius 2 is 2.00 bits per heavy atom. The smallest absolute Gasteiger partial charge is 0.142 e. The zero-order valence-electron chi connectivity index (χ0n) is 11.5. The van der Waals surface area contributed by atoms with Crippen molar-refractivity contribution in [1.82, 2.24) is 15.1 Å². The molecule has 1 aromatic heterocycles. The first kappa shape index (κ1) is 12.9. The number of rotatable bonds is 4. The summed E-state index contributed by atoms with van der Waals surface area (Å²) in [6, 6.07) is 2.60. The summed E-state index contributed by atoms with van der Waals surface area (Å²) in [5, 5.41) is 7.91. The van der Waals surface area contributed by atoms with Gasteiger partial charge in [-0.25, -0.2) is 0 Å². The van der Waals surface area contributed by atoms with Crippen molar-refractivity contribution in [1.29, 1.82) is 0 Å². The third-order valence-corrected chi connectivity index (χ3v) is 4.51. The Balaban J connectivity index is 1.58. The van der Waals surface area contributed by atoms with Crippen LogP contribution in [0, 0.1) is 5.92 Å². The average molecular weight is 261 g/mol. The topological polar surface area (TPSA) is 46.9 Å². The highest BCUT2D eigenvalue weighted by atomic mass is 16.1. The molecule has 1 N–H and O–H groups in total. The molecule has 0 bridgehead atoms. The minimum absolute atomic E-state index is 0.248. The Bertz CT molecular complexity index is 428. The standard InChI is InChI=1S/C15H23N3O/c19-15(12-5-8-16-9-6-12)11-13-7-10-18(17-13)14-3-1-2-4-14/h7,10,12,14,16H,1-6,8-9,11H2. The number of nitrogens with zero attached hydrogens (tertiary/aromatic N) is 2. The fourth-order valence-corrected chi connectivity index (χ4v) is 3.31. The molecule has 0 radical (unpaired) electrons. The van der Waals surface area contributed by atoms with Crippen LogP contribution in [0.1, 0.15) is 50.3 Å². The lowest BCUT2D eigenvalue weighted by Crippen LogP contribution is -2.32. The molecular weight excluding hydrogens is 238 g/mol. The van der Waals surface area contributed by atoms with Crippen molar-refractivity contribution >= 4 is 5.78 Å². The summed E-state index contributed by atoms with van der Waals surface area (Å²) < 4.78 is 2.08. The first-order valence-corrected chi connectivity index (χ1v) is 7.60. The van der Waals surface area contributed by atoms with Crippen molar-refractivity contribution in [2.45, 2.75) is 51.0 Å². The minimum atomic E-state index is 0.248. The van der Waals surface area contributed by atoms with E-state index in [1.54, 1.807) is 0 Å². The van der Waals surface area contributed by atoms with Gasteiger partial charge in [-0.15, -0.1) is 0 Å². The Hall–Kier alpha value is -1.16. The minimum Gasteiger partial charge on any atom is -0.317 e. The van der Waals surface area contributed by atoms with E-state index in [4.69, 9.17) is 0 Å². The largest absolute Gasteiger partial charge is 0.317 e. The van der Waals surface area contributed by atoms with Gasteiger partial charge >= 0.3 is 0 Å². The molecule has 3 rings (SSSR count). The van der Waals surface area contributed by atoms with Crippen molar-refractivity contribution < 1.29 is 4.79 Å². The summed E-state index contributed by atoms with van der Waals surface area (Å²) >= 11 is 0. The summed E-state index contributed by atoms with van der Waals surface area (Å²) in [6.45, 7) is 1.96. The SMILES string of the molecule is O=C(Cc1ccn(C2CCCC2)n1)C1CCNCC1. The molecular formula is C15H23N3O. The second-order valence-corrected chi connectivity index (χ2v) is 5.89. The van der Waals surface area contributed by atoms with Crippen molar-refractivity contribution in [3.63, 3.8) is 0 Å². The molecule has 104 valence electrons. The maximum absolute atomic E-state index is 12.2. The second kappa shape index (κ2) is 5.87. The number of ketones is 1. The maximum Gasteiger partial charge on any atom is 0.142 e. The molecule has 2 heterocycles.